The average molecular weight is 470 g/mol. The van der Waals surface area contributed by atoms with Crippen LogP contribution in [0, 0.1) is 13.8 Å². The van der Waals surface area contributed by atoms with Crippen LogP contribution in [0.25, 0.3) is 0 Å². The Morgan fingerprint density at radius 2 is 2.03 bits per heavy atom. The normalized spacial score (nSPS) is 16.2. The van der Waals surface area contributed by atoms with E-state index >= 15 is 0 Å². The van der Waals surface area contributed by atoms with Gasteiger partial charge in [0.15, 0.2) is 11.7 Å². The molecular weight excluding hydrogens is 438 g/mol. The maximum absolute atomic E-state index is 12.7. The summed E-state index contributed by atoms with van der Waals surface area (Å²) >= 11 is 1.35. The Kier molecular flexibility index (Phi) is 7.42. The lowest BCUT2D eigenvalue weighted by atomic mass is 9.97. The van der Waals surface area contributed by atoms with E-state index in [1.165, 1.54) is 42.6 Å². The standard InChI is InChI=1S/C25H31N3O4S/c1-17-13-21(18(2)27(17)12-10-19-7-4-3-5-8-19)22(29)15-32-24(31)14-20-16-33-25(26-20)28-11-6-9-23(28)30/h7,13,16H,3-6,8-12,14-15H2,1-2H3. The number of anilines is 1. The Labute approximate surface area is 198 Å². The molecule has 2 aromatic rings. The molecule has 1 saturated heterocycles. The summed E-state index contributed by atoms with van der Waals surface area (Å²) in [4.78, 5) is 42.9. The minimum atomic E-state index is -0.494. The first-order valence-corrected chi connectivity index (χ1v) is 12.6. The van der Waals surface area contributed by atoms with E-state index in [2.05, 4.69) is 15.6 Å². The number of nitrogens with zero attached hydrogens (tertiary/aromatic N) is 3. The number of aryl methyl sites for hydroxylation is 1. The summed E-state index contributed by atoms with van der Waals surface area (Å²) in [6.45, 7) is 5.21. The number of hydrogen-bond acceptors (Lipinski definition) is 6. The second-order valence-corrected chi connectivity index (χ2v) is 9.66. The van der Waals surface area contributed by atoms with Gasteiger partial charge in [-0.2, -0.15) is 0 Å². The van der Waals surface area contributed by atoms with E-state index < -0.39 is 5.97 Å². The average Bonchev–Trinajstić information content (AvgIpc) is 3.51. The molecule has 33 heavy (non-hydrogen) atoms. The predicted octanol–water partition coefficient (Wildman–Crippen LogP) is 4.55. The number of carbonyl (C=O) groups excluding carboxylic acids is 3. The fourth-order valence-corrected chi connectivity index (χ4v) is 5.46. The van der Waals surface area contributed by atoms with Crippen LogP contribution in [0.4, 0.5) is 5.13 Å². The summed E-state index contributed by atoms with van der Waals surface area (Å²) in [5.74, 6) is -0.621. The first-order chi connectivity index (χ1) is 15.9. The molecule has 1 amide bonds. The molecule has 1 aliphatic carbocycles. The van der Waals surface area contributed by atoms with Gasteiger partial charge in [0.05, 0.1) is 12.1 Å². The van der Waals surface area contributed by atoms with Crippen molar-refractivity contribution in [3.8, 4) is 0 Å². The lowest BCUT2D eigenvalue weighted by molar-refractivity contribution is -0.141. The van der Waals surface area contributed by atoms with Crippen molar-refractivity contribution >= 4 is 34.1 Å². The molecule has 3 heterocycles. The van der Waals surface area contributed by atoms with Crippen LogP contribution in [0.15, 0.2) is 23.1 Å². The summed E-state index contributed by atoms with van der Waals surface area (Å²) in [5, 5.41) is 2.38. The number of ether oxygens (including phenoxy) is 1. The number of amides is 1. The van der Waals surface area contributed by atoms with Gasteiger partial charge in [-0.25, -0.2) is 4.98 Å². The predicted molar refractivity (Wildman–Crippen MR) is 128 cm³/mol. The zero-order chi connectivity index (χ0) is 23.4. The van der Waals surface area contributed by atoms with Crippen molar-refractivity contribution in [3.63, 3.8) is 0 Å². The minimum absolute atomic E-state index is 0.0139. The maximum atomic E-state index is 12.7. The van der Waals surface area contributed by atoms with Gasteiger partial charge in [0.2, 0.25) is 11.7 Å². The van der Waals surface area contributed by atoms with Gasteiger partial charge < -0.3 is 9.30 Å². The lowest BCUT2D eigenvalue weighted by Crippen LogP contribution is -2.23. The number of ketones is 1. The number of rotatable bonds is 9. The molecule has 7 nitrogen and oxygen atoms in total. The highest BCUT2D eigenvalue weighted by atomic mass is 32.1. The third kappa shape index (κ3) is 5.61. The summed E-state index contributed by atoms with van der Waals surface area (Å²) in [6.07, 6.45) is 9.62. The molecule has 8 heteroatoms. The van der Waals surface area contributed by atoms with Crippen molar-refractivity contribution < 1.29 is 19.1 Å². The number of hydrogen-bond donors (Lipinski definition) is 0. The first kappa shape index (κ1) is 23.4. The van der Waals surface area contributed by atoms with Gasteiger partial charge in [-0.05, 0) is 58.4 Å². The fraction of sp³-hybridized carbons (Fsp3) is 0.520. The number of esters is 1. The van der Waals surface area contributed by atoms with Crippen molar-refractivity contribution in [1.29, 1.82) is 0 Å². The van der Waals surface area contributed by atoms with E-state index in [1.807, 2.05) is 19.9 Å². The lowest BCUT2D eigenvalue weighted by Gasteiger charge is -2.15. The molecule has 0 atom stereocenters. The Bertz CT molecular complexity index is 1080. The third-order valence-electron chi connectivity index (χ3n) is 6.45. The van der Waals surface area contributed by atoms with Crippen molar-refractivity contribution in [1.82, 2.24) is 9.55 Å². The van der Waals surface area contributed by atoms with E-state index in [4.69, 9.17) is 4.74 Å². The molecule has 0 unspecified atom stereocenters. The Hall–Kier alpha value is -2.74. The molecule has 0 spiro atoms. The highest BCUT2D eigenvalue weighted by Crippen LogP contribution is 2.26. The van der Waals surface area contributed by atoms with Crippen LogP contribution in [0.5, 0.6) is 0 Å². The topological polar surface area (TPSA) is 81.5 Å². The van der Waals surface area contributed by atoms with Crippen LogP contribution < -0.4 is 4.90 Å². The van der Waals surface area contributed by atoms with Crippen LogP contribution in [0.2, 0.25) is 0 Å². The highest BCUT2D eigenvalue weighted by molar-refractivity contribution is 7.14. The molecule has 0 bridgehead atoms. The Morgan fingerprint density at radius 3 is 2.76 bits per heavy atom. The van der Waals surface area contributed by atoms with E-state index in [0.29, 0.717) is 29.4 Å². The number of allylic oxidation sites excluding steroid dienone is 2. The van der Waals surface area contributed by atoms with Gasteiger partial charge in [0.1, 0.15) is 0 Å². The van der Waals surface area contributed by atoms with Crippen LogP contribution in [-0.2, 0) is 27.3 Å². The van der Waals surface area contributed by atoms with Crippen LogP contribution in [-0.4, -0.2) is 40.4 Å². The molecule has 2 aliphatic rings. The Balaban J connectivity index is 1.29. The van der Waals surface area contributed by atoms with Crippen LogP contribution in [0.1, 0.15) is 72.4 Å². The highest BCUT2D eigenvalue weighted by Gasteiger charge is 2.25. The molecule has 0 radical (unpaired) electrons. The maximum Gasteiger partial charge on any atom is 0.312 e. The molecule has 176 valence electrons. The second-order valence-electron chi connectivity index (χ2n) is 8.83. The molecule has 2 aromatic heterocycles. The zero-order valence-electron chi connectivity index (χ0n) is 19.4. The molecule has 1 fully saturated rings. The summed E-state index contributed by atoms with van der Waals surface area (Å²) < 4.78 is 7.44. The molecule has 0 saturated carbocycles. The summed E-state index contributed by atoms with van der Waals surface area (Å²) in [5.41, 5.74) is 4.65. The van der Waals surface area contributed by atoms with Gasteiger partial charge >= 0.3 is 5.97 Å². The van der Waals surface area contributed by atoms with Crippen molar-refractivity contribution in [2.24, 2.45) is 0 Å². The van der Waals surface area contributed by atoms with E-state index in [1.54, 1.807) is 10.3 Å². The molecule has 1 aliphatic heterocycles. The second kappa shape index (κ2) is 10.5. The molecule has 4 rings (SSSR count). The van der Waals surface area contributed by atoms with Crippen molar-refractivity contribution in [3.05, 3.63) is 45.7 Å². The largest absolute Gasteiger partial charge is 0.457 e. The number of carbonyl (C=O) groups is 3. The number of Topliss-reactive ketones (excluding diaryl/α,β-unsaturated/α-hetero) is 1. The SMILES string of the molecule is Cc1cc(C(=O)COC(=O)Cc2csc(N3CCCC3=O)n2)c(C)n1CCC1=CCCCC1. The summed E-state index contributed by atoms with van der Waals surface area (Å²) in [7, 11) is 0. The molecular formula is C25H31N3O4S. The van der Waals surface area contributed by atoms with Gasteiger partial charge in [0.25, 0.3) is 0 Å². The Morgan fingerprint density at radius 1 is 1.18 bits per heavy atom. The van der Waals surface area contributed by atoms with E-state index in [-0.39, 0.29) is 24.7 Å². The van der Waals surface area contributed by atoms with Crippen molar-refractivity contribution in [2.45, 2.75) is 71.8 Å². The van der Waals surface area contributed by atoms with Gasteiger partial charge in [-0.15, -0.1) is 11.3 Å². The molecule has 0 N–H and O–H groups in total. The summed E-state index contributed by atoms with van der Waals surface area (Å²) in [6, 6.07) is 1.89. The van der Waals surface area contributed by atoms with Gasteiger partial charge in [-0.3, -0.25) is 19.3 Å². The van der Waals surface area contributed by atoms with E-state index in [0.717, 1.165) is 30.8 Å². The van der Waals surface area contributed by atoms with Gasteiger partial charge in [-0.1, -0.05) is 11.6 Å². The van der Waals surface area contributed by atoms with Crippen LogP contribution in [0.3, 0.4) is 0 Å². The monoisotopic (exact) mass is 469 g/mol. The van der Waals surface area contributed by atoms with E-state index in [9.17, 15) is 14.4 Å². The quantitative estimate of drug-likeness (QED) is 0.306. The number of thiazole rings is 1. The number of aromatic nitrogens is 2. The van der Waals surface area contributed by atoms with Gasteiger partial charge in [0, 0.05) is 41.8 Å². The smallest absolute Gasteiger partial charge is 0.312 e. The molecule has 0 aromatic carbocycles. The minimum Gasteiger partial charge on any atom is -0.457 e. The van der Waals surface area contributed by atoms with Crippen LogP contribution >= 0.6 is 11.3 Å². The first-order valence-electron chi connectivity index (χ1n) is 11.7. The zero-order valence-corrected chi connectivity index (χ0v) is 20.2. The van der Waals surface area contributed by atoms with Crippen molar-refractivity contribution in [2.75, 3.05) is 18.1 Å². The third-order valence-corrected chi connectivity index (χ3v) is 7.36. The fourth-order valence-electron chi connectivity index (χ4n) is 4.59.